The lowest BCUT2D eigenvalue weighted by Gasteiger charge is -2.32. The van der Waals surface area contributed by atoms with Crippen molar-refractivity contribution in [2.75, 3.05) is 13.1 Å². The van der Waals surface area contributed by atoms with Crippen molar-refractivity contribution in [1.82, 2.24) is 20.2 Å². The normalized spacial score (nSPS) is 14.4. The van der Waals surface area contributed by atoms with Gasteiger partial charge in [-0.25, -0.2) is 9.97 Å². The van der Waals surface area contributed by atoms with Gasteiger partial charge >= 0.3 is 6.01 Å². The van der Waals surface area contributed by atoms with Crippen LogP contribution in [0.15, 0.2) is 73.1 Å². The van der Waals surface area contributed by atoms with Crippen molar-refractivity contribution < 1.29 is 4.74 Å². The van der Waals surface area contributed by atoms with Gasteiger partial charge < -0.3 is 10.1 Å². The summed E-state index contributed by atoms with van der Waals surface area (Å²) in [6, 6.07) is 21.6. The van der Waals surface area contributed by atoms with Gasteiger partial charge in [-0.05, 0) is 55.3 Å². The summed E-state index contributed by atoms with van der Waals surface area (Å²) in [5, 5.41) is 3.70. The Morgan fingerprint density at radius 2 is 1.57 bits per heavy atom. The number of rotatable bonds is 7. The third-order valence-electron chi connectivity index (χ3n) is 5.08. The van der Waals surface area contributed by atoms with Gasteiger partial charge in [-0.3, -0.25) is 4.90 Å². The molecule has 0 aliphatic carbocycles. The second kappa shape index (κ2) is 12.5. The molecule has 30 heavy (non-hydrogen) atoms. The number of nitrogens with one attached hydrogen (secondary N) is 1. The van der Waals surface area contributed by atoms with E-state index in [0.29, 0.717) is 12.1 Å². The first-order chi connectivity index (χ1) is 13.8. The van der Waals surface area contributed by atoms with Crippen molar-refractivity contribution in [3.05, 3.63) is 84.2 Å². The zero-order valence-electron chi connectivity index (χ0n) is 16.8. The molecule has 1 N–H and O–H groups in total. The zero-order chi connectivity index (χ0) is 19.0. The lowest BCUT2D eigenvalue weighted by Crippen LogP contribution is -2.41. The summed E-state index contributed by atoms with van der Waals surface area (Å²) in [5.74, 6) is 0.767. The molecule has 2 aromatic carbocycles. The van der Waals surface area contributed by atoms with Crippen LogP contribution in [0.1, 0.15) is 24.0 Å². The Hall–Kier alpha value is -2.18. The average Bonchev–Trinajstić information content (AvgIpc) is 2.75. The van der Waals surface area contributed by atoms with Crippen LogP contribution in [0.3, 0.4) is 0 Å². The van der Waals surface area contributed by atoms with Crippen LogP contribution in [0.5, 0.6) is 11.8 Å². The van der Waals surface area contributed by atoms with Crippen molar-refractivity contribution in [3.8, 4) is 11.8 Å². The quantitative estimate of drug-likeness (QED) is 0.560. The van der Waals surface area contributed by atoms with Crippen LogP contribution in [-0.2, 0) is 13.1 Å². The highest BCUT2D eigenvalue weighted by atomic mass is 35.5. The zero-order valence-corrected chi connectivity index (χ0v) is 18.4. The monoisotopic (exact) mass is 446 g/mol. The maximum atomic E-state index is 5.72. The lowest BCUT2D eigenvalue weighted by molar-refractivity contribution is 0.190. The van der Waals surface area contributed by atoms with E-state index < -0.39 is 0 Å². The first kappa shape index (κ1) is 24.1. The highest BCUT2D eigenvalue weighted by Gasteiger charge is 2.18. The number of aromatic nitrogens is 2. The molecule has 1 aliphatic rings. The van der Waals surface area contributed by atoms with Crippen molar-refractivity contribution >= 4 is 24.8 Å². The molecule has 0 bridgehead atoms. The van der Waals surface area contributed by atoms with Crippen LogP contribution in [-0.4, -0.2) is 34.0 Å². The van der Waals surface area contributed by atoms with Gasteiger partial charge in [0.2, 0.25) is 0 Å². The Kier molecular flexibility index (Phi) is 10.0. The first-order valence-electron chi connectivity index (χ1n) is 9.89. The van der Waals surface area contributed by atoms with Gasteiger partial charge in [0.05, 0.1) is 0 Å². The number of hydrogen-bond donors (Lipinski definition) is 1. The van der Waals surface area contributed by atoms with Gasteiger partial charge in [0.15, 0.2) is 0 Å². The average molecular weight is 447 g/mol. The standard InChI is InChI=1S/C23H26N4O.2ClH/c1-2-6-19(7-3-1)18-27-14-10-21(11-15-27)26-17-20-8-4-9-22(16-20)28-23-24-12-5-13-25-23;;/h1-9,12-13,16,21,26H,10-11,14-15,17-18H2;2*1H. The summed E-state index contributed by atoms with van der Waals surface area (Å²) in [6.07, 6.45) is 5.72. The van der Waals surface area contributed by atoms with Crippen molar-refractivity contribution in [3.63, 3.8) is 0 Å². The van der Waals surface area contributed by atoms with E-state index in [9.17, 15) is 0 Å². The predicted octanol–water partition coefficient (Wildman–Crippen LogP) is 4.87. The molecule has 0 unspecified atom stereocenters. The molecule has 1 fully saturated rings. The van der Waals surface area contributed by atoms with Gasteiger partial charge in [-0.2, -0.15) is 0 Å². The number of ether oxygens (including phenoxy) is 1. The molecule has 0 saturated carbocycles. The predicted molar refractivity (Wildman–Crippen MR) is 125 cm³/mol. The van der Waals surface area contributed by atoms with E-state index >= 15 is 0 Å². The maximum absolute atomic E-state index is 5.72. The second-order valence-corrected chi connectivity index (χ2v) is 7.20. The summed E-state index contributed by atoms with van der Waals surface area (Å²) in [7, 11) is 0. The number of benzene rings is 2. The number of hydrogen-bond acceptors (Lipinski definition) is 5. The fraction of sp³-hybridized carbons (Fsp3) is 0.304. The third kappa shape index (κ3) is 7.26. The van der Waals surface area contributed by atoms with Gasteiger partial charge in [-0.15, -0.1) is 24.8 Å². The molecule has 0 spiro atoms. The van der Waals surface area contributed by atoms with Crippen molar-refractivity contribution in [2.45, 2.75) is 32.0 Å². The minimum atomic E-state index is 0. The van der Waals surface area contributed by atoms with E-state index in [2.05, 4.69) is 56.6 Å². The molecule has 7 heteroatoms. The Morgan fingerprint density at radius 3 is 2.30 bits per heavy atom. The van der Waals surface area contributed by atoms with Crippen LogP contribution in [0.25, 0.3) is 0 Å². The Balaban J connectivity index is 0.00000160. The molecule has 1 aliphatic heterocycles. The number of nitrogens with zero attached hydrogens (tertiary/aromatic N) is 3. The van der Waals surface area contributed by atoms with E-state index in [0.717, 1.165) is 31.9 Å². The molecule has 160 valence electrons. The molecule has 0 amide bonds. The van der Waals surface area contributed by atoms with Crippen LogP contribution in [0, 0.1) is 0 Å². The SMILES string of the molecule is Cl.Cl.c1ccc(CN2CCC(NCc3cccc(Oc4ncccn4)c3)CC2)cc1. The van der Waals surface area contributed by atoms with Crippen molar-refractivity contribution in [1.29, 1.82) is 0 Å². The molecular formula is C23H28Cl2N4O. The lowest BCUT2D eigenvalue weighted by atomic mass is 10.0. The highest BCUT2D eigenvalue weighted by molar-refractivity contribution is 5.85. The molecule has 1 saturated heterocycles. The van der Waals surface area contributed by atoms with Crippen LogP contribution in [0.2, 0.25) is 0 Å². The fourth-order valence-corrected chi connectivity index (χ4v) is 3.56. The number of piperidine rings is 1. The Morgan fingerprint density at radius 1 is 0.867 bits per heavy atom. The maximum Gasteiger partial charge on any atom is 0.321 e. The van der Waals surface area contributed by atoms with E-state index in [4.69, 9.17) is 4.74 Å². The Labute approximate surface area is 190 Å². The molecule has 3 aromatic rings. The highest BCUT2D eigenvalue weighted by Crippen LogP contribution is 2.19. The largest absolute Gasteiger partial charge is 0.424 e. The first-order valence-corrected chi connectivity index (χ1v) is 9.89. The minimum Gasteiger partial charge on any atom is -0.424 e. The minimum absolute atomic E-state index is 0. The van der Waals surface area contributed by atoms with E-state index in [1.807, 2.05) is 18.2 Å². The van der Waals surface area contributed by atoms with Crippen LogP contribution < -0.4 is 10.1 Å². The second-order valence-electron chi connectivity index (χ2n) is 7.20. The van der Waals surface area contributed by atoms with Gasteiger partial charge in [0, 0.05) is 31.5 Å². The molecule has 2 heterocycles. The number of likely N-dealkylation sites (tertiary alicyclic amines) is 1. The topological polar surface area (TPSA) is 50.3 Å². The summed E-state index contributed by atoms with van der Waals surface area (Å²) in [4.78, 5) is 10.8. The summed E-state index contributed by atoms with van der Waals surface area (Å²) in [6.45, 7) is 4.17. The molecule has 1 aromatic heterocycles. The van der Waals surface area contributed by atoms with E-state index in [1.165, 1.54) is 24.0 Å². The smallest absolute Gasteiger partial charge is 0.321 e. The van der Waals surface area contributed by atoms with Crippen LogP contribution >= 0.6 is 24.8 Å². The molecule has 4 rings (SSSR count). The van der Waals surface area contributed by atoms with Gasteiger partial charge in [0.25, 0.3) is 0 Å². The third-order valence-corrected chi connectivity index (χ3v) is 5.08. The summed E-state index contributed by atoms with van der Waals surface area (Å²) in [5.41, 5.74) is 2.60. The molecular weight excluding hydrogens is 419 g/mol. The summed E-state index contributed by atoms with van der Waals surface area (Å²) >= 11 is 0. The van der Waals surface area contributed by atoms with Crippen LogP contribution in [0.4, 0.5) is 0 Å². The van der Waals surface area contributed by atoms with Gasteiger partial charge in [0.1, 0.15) is 5.75 Å². The van der Waals surface area contributed by atoms with Crippen molar-refractivity contribution in [2.24, 2.45) is 0 Å². The fourth-order valence-electron chi connectivity index (χ4n) is 3.56. The number of halogens is 2. The Bertz CT molecular complexity index is 859. The molecule has 0 atom stereocenters. The molecule has 0 radical (unpaired) electrons. The van der Waals surface area contributed by atoms with Gasteiger partial charge in [-0.1, -0.05) is 42.5 Å². The summed E-state index contributed by atoms with van der Waals surface area (Å²) < 4.78 is 5.72. The van der Waals surface area contributed by atoms with E-state index in [1.54, 1.807) is 18.5 Å². The van der Waals surface area contributed by atoms with E-state index in [-0.39, 0.29) is 24.8 Å². The molecule has 5 nitrogen and oxygen atoms in total.